The Morgan fingerprint density at radius 2 is 1.21 bits per heavy atom. The number of carbonyl (C=O) groups is 2. The van der Waals surface area contributed by atoms with Crippen molar-refractivity contribution < 1.29 is 9.59 Å². The molecule has 0 fully saturated rings. The Hall–Kier alpha value is -1.46. The Labute approximate surface area is 195 Å². The average molecular weight is 569 g/mol. The lowest BCUT2D eigenvalue weighted by molar-refractivity contribution is 0.0693. The summed E-state index contributed by atoms with van der Waals surface area (Å²) in [7, 11) is 1.53. The van der Waals surface area contributed by atoms with E-state index in [9.17, 15) is 9.59 Å². The lowest BCUT2D eigenvalue weighted by Gasteiger charge is -2.10. The highest BCUT2D eigenvalue weighted by molar-refractivity contribution is 9.11. The van der Waals surface area contributed by atoms with Crippen LogP contribution in [0.25, 0.3) is 31.9 Å². The van der Waals surface area contributed by atoms with Crippen LogP contribution >= 0.6 is 66.3 Å². The van der Waals surface area contributed by atoms with E-state index in [1.807, 2.05) is 26.0 Å². The van der Waals surface area contributed by atoms with E-state index in [1.54, 1.807) is 0 Å². The Bertz CT molecular complexity index is 1230. The van der Waals surface area contributed by atoms with Gasteiger partial charge in [-0.15, -0.1) is 22.7 Å². The van der Waals surface area contributed by atoms with Crippen LogP contribution in [0.4, 0.5) is 0 Å². The SMILES string of the molecule is Cc1cc(-c2c3c(c(-c4cc(C)c(Br)s4)c4nsnc24)C(=O)N(C)C3=O)sc1Br. The molecule has 0 N–H and O–H groups in total. The summed E-state index contributed by atoms with van der Waals surface area (Å²) in [5, 5.41) is 0. The van der Waals surface area contributed by atoms with Gasteiger partial charge >= 0.3 is 0 Å². The first-order valence-electron chi connectivity index (χ1n) is 8.46. The largest absolute Gasteiger partial charge is 0.277 e. The summed E-state index contributed by atoms with van der Waals surface area (Å²) in [6, 6.07) is 4.04. The molecule has 4 aromatic rings. The fourth-order valence-electron chi connectivity index (χ4n) is 3.50. The normalized spacial score (nSPS) is 13.8. The number of aromatic nitrogens is 2. The molecular formula is C19H11Br2N3O2S3. The first-order valence-corrected chi connectivity index (χ1v) is 12.4. The number of nitrogens with zero attached hydrogens (tertiary/aromatic N) is 3. The van der Waals surface area contributed by atoms with Gasteiger partial charge in [0.1, 0.15) is 11.0 Å². The summed E-state index contributed by atoms with van der Waals surface area (Å²) >= 11 is 11.3. The molecule has 3 aromatic heterocycles. The first kappa shape index (κ1) is 19.5. The minimum absolute atomic E-state index is 0.300. The molecule has 0 saturated heterocycles. The standard InChI is InChI=1S/C19H11Br2N3O2S3/c1-6-4-8(27-16(6)20)10-12-13(19(26)24(3)18(12)25)11(15-14(10)22-29-23-15)9-5-7(2)17(21)28-9/h4-5H,1-3H3. The third-order valence-corrected chi connectivity index (χ3v) is 9.79. The van der Waals surface area contributed by atoms with Crippen LogP contribution in [0.5, 0.6) is 0 Å². The van der Waals surface area contributed by atoms with E-state index in [4.69, 9.17) is 0 Å². The minimum atomic E-state index is -0.300. The van der Waals surface area contributed by atoms with Crippen molar-refractivity contribution in [2.75, 3.05) is 7.05 Å². The summed E-state index contributed by atoms with van der Waals surface area (Å²) in [5.74, 6) is -0.601. The van der Waals surface area contributed by atoms with Crippen LogP contribution in [-0.4, -0.2) is 32.5 Å². The highest BCUT2D eigenvalue weighted by Gasteiger charge is 2.41. The fraction of sp³-hybridized carbons (Fsp3) is 0.158. The van der Waals surface area contributed by atoms with Crippen molar-refractivity contribution in [1.82, 2.24) is 13.6 Å². The number of rotatable bonds is 2. The molecule has 0 unspecified atom stereocenters. The molecule has 5 nitrogen and oxygen atoms in total. The van der Waals surface area contributed by atoms with Crippen molar-refractivity contribution in [3.05, 3.63) is 42.0 Å². The molecule has 0 spiro atoms. The lowest BCUT2D eigenvalue weighted by atomic mass is 9.93. The second kappa shape index (κ2) is 6.78. The number of fused-ring (bicyclic) bond motifs is 2. The molecule has 1 aliphatic heterocycles. The van der Waals surface area contributed by atoms with E-state index >= 15 is 0 Å². The summed E-state index contributed by atoms with van der Waals surface area (Å²) in [6.45, 7) is 4.00. The summed E-state index contributed by atoms with van der Waals surface area (Å²) in [6.07, 6.45) is 0. The molecule has 0 bridgehead atoms. The summed E-state index contributed by atoms with van der Waals surface area (Å²) in [5.41, 5.74) is 5.70. The van der Waals surface area contributed by atoms with E-state index in [0.717, 1.165) is 40.2 Å². The maximum Gasteiger partial charge on any atom is 0.262 e. The Morgan fingerprint density at radius 1 is 0.793 bits per heavy atom. The molecule has 10 heteroatoms. The van der Waals surface area contributed by atoms with Gasteiger partial charge in [0.05, 0.1) is 30.4 Å². The lowest BCUT2D eigenvalue weighted by Crippen LogP contribution is -2.24. The maximum atomic E-state index is 13.2. The highest BCUT2D eigenvalue weighted by atomic mass is 79.9. The van der Waals surface area contributed by atoms with E-state index in [1.165, 1.54) is 34.6 Å². The zero-order valence-corrected chi connectivity index (χ0v) is 20.9. The molecule has 0 radical (unpaired) electrons. The van der Waals surface area contributed by atoms with Crippen molar-refractivity contribution in [1.29, 1.82) is 0 Å². The fourth-order valence-corrected chi connectivity index (χ4v) is 7.24. The third kappa shape index (κ3) is 2.73. The topological polar surface area (TPSA) is 63.2 Å². The number of hydrogen-bond acceptors (Lipinski definition) is 7. The van der Waals surface area contributed by atoms with Crippen molar-refractivity contribution >= 4 is 89.1 Å². The van der Waals surface area contributed by atoms with Crippen molar-refractivity contribution in [3.63, 3.8) is 0 Å². The number of imide groups is 1. The molecule has 0 aliphatic carbocycles. The number of aryl methyl sites for hydroxylation is 2. The van der Waals surface area contributed by atoms with Crippen LogP contribution < -0.4 is 0 Å². The van der Waals surface area contributed by atoms with Gasteiger partial charge < -0.3 is 0 Å². The molecule has 5 rings (SSSR count). The number of benzene rings is 1. The van der Waals surface area contributed by atoms with Crippen LogP contribution in [0.1, 0.15) is 31.8 Å². The molecule has 146 valence electrons. The van der Waals surface area contributed by atoms with Crippen molar-refractivity contribution in [2.45, 2.75) is 13.8 Å². The number of thiophene rings is 2. The molecule has 0 saturated carbocycles. The average Bonchev–Trinajstić information content (AvgIpc) is 3.41. The van der Waals surface area contributed by atoms with E-state index < -0.39 is 0 Å². The zero-order chi connectivity index (χ0) is 20.6. The molecule has 1 aliphatic rings. The molecule has 0 atom stereocenters. The van der Waals surface area contributed by atoms with Gasteiger partial charge in [0.2, 0.25) is 0 Å². The highest BCUT2D eigenvalue weighted by Crippen LogP contribution is 2.49. The Kier molecular flexibility index (Phi) is 4.56. The van der Waals surface area contributed by atoms with Gasteiger partial charge in [0, 0.05) is 27.9 Å². The first-order chi connectivity index (χ1) is 13.8. The van der Waals surface area contributed by atoms with Gasteiger partial charge in [-0.3, -0.25) is 14.5 Å². The molecule has 1 aromatic carbocycles. The summed E-state index contributed by atoms with van der Waals surface area (Å²) < 4.78 is 11.1. The maximum absolute atomic E-state index is 13.2. The molecule has 29 heavy (non-hydrogen) atoms. The van der Waals surface area contributed by atoms with Crippen LogP contribution in [-0.2, 0) is 0 Å². The second-order valence-electron chi connectivity index (χ2n) is 6.77. The smallest absolute Gasteiger partial charge is 0.262 e. The quantitative estimate of drug-likeness (QED) is 0.258. The summed E-state index contributed by atoms with van der Waals surface area (Å²) in [4.78, 5) is 29.3. The Balaban J connectivity index is 1.97. The second-order valence-corrected chi connectivity index (χ2v) is 12.0. The number of hydrogen-bond donors (Lipinski definition) is 0. The Morgan fingerprint density at radius 3 is 1.55 bits per heavy atom. The monoisotopic (exact) mass is 567 g/mol. The zero-order valence-electron chi connectivity index (χ0n) is 15.3. The van der Waals surface area contributed by atoms with Crippen LogP contribution in [0.2, 0.25) is 0 Å². The molecule has 4 heterocycles. The van der Waals surface area contributed by atoms with Gasteiger partial charge in [-0.05, 0) is 69.0 Å². The third-order valence-electron chi connectivity index (χ3n) is 4.96. The van der Waals surface area contributed by atoms with Gasteiger partial charge in [0.25, 0.3) is 11.8 Å². The van der Waals surface area contributed by atoms with E-state index in [2.05, 4.69) is 40.6 Å². The van der Waals surface area contributed by atoms with Crippen LogP contribution in [0.3, 0.4) is 0 Å². The minimum Gasteiger partial charge on any atom is -0.277 e. The van der Waals surface area contributed by atoms with Crippen molar-refractivity contribution in [3.8, 4) is 20.9 Å². The van der Waals surface area contributed by atoms with Crippen LogP contribution in [0, 0.1) is 13.8 Å². The predicted octanol–water partition coefficient (Wildman–Crippen LogP) is 6.52. The van der Waals surface area contributed by atoms with E-state index in [-0.39, 0.29) is 11.8 Å². The number of halogens is 2. The predicted molar refractivity (Wildman–Crippen MR) is 125 cm³/mol. The molecular weight excluding hydrogens is 558 g/mol. The van der Waals surface area contributed by atoms with Gasteiger partial charge in [0.15, 0.2) is 0 Å². The van der Waals surface area contributed by atoms with Gasteiger partial charge in [-0.2, -0.15) is 8.75 Å². The molecule has 2 amide bonds. The van der Waals surface area contributed by atoms with Gasteiger partial charge in [-0.1, -0.05) is 0 Å². The number of carbonyl (C=O) groups excluding carboxylic acids is 2. The van der Waals surface area contributed by atoms with E-state index in [0.29, 0.717) is 33.3 Å². The number of amides is 2. The van der Waals surface area contributed by atoms with Gasteiger partial charge in [-0.25, -0.2) is 0 Å². The van der Waals surface area contributed by atoms with Crippen molar-refractivity contribution in [2.24, 2.45) is 0 Å². The van der Waals surface area contributed by atoms with Crippen LogP contribution in [0.15, 0.2) is 19.7 Å².